The highest BCUT2D eigenvalue weighted by Gasteiger charge is 2.24. The summed E-state index contributed by atoms with van der Waals surface area (Å²) in [6.45, 7) is 4.55. The molecule has 3 aliphatic rings. The maximum Gasteiger partial charge on any atom is 0.209 e. The molecule has 0 N–H and O–H groups in total. The van der Waals surface area contributed by atoms with Crippen LogP contribution in [0.25, 0.3) is 0 Å². The molecule has 1 unspecified atom stereocenters. The van der Waals surface area contributed by atoms with Crippen molar-refractivity contribution < 1.29 is 9.18 Å². The fraction of sp³-hybridized carbons (Fsp3) is 0.500. The Bertz CT molecular complexity index is 758. The van der Waals surface area contributed by atoms with Crippen molar-refractivity contribution in [3.8, 4) is 0 Å². The highest BCUT2D eigenvalue weighted by Crippen LogP contribution is 2.35. The molecule has 2 saturated heterocycles. The molecule has 1 aromatic rings. The average Bonchev–Trinajstić information content (AvgIpc) is 2.76. The monoisotopic (exact) mass is 401 g/mol. The van der Waals surface area contributed by atoms with Crippen LogP contribution in [-0.4, -0.2) is 53.6 Å². The van der Waals surface area contributed by atoms with Crippen LogP contribution >= 0.6 is 11.9 Å². The summed E-state index contributed by atoms with van der Waals surface area (Å²) in [7, 11) is 0. The second-order valence-corrected chi connectivity index (χ2v) is 8.98. The van der Waals surface area contributed by atoms with Crippen molar-refractivity contribution in [1.82, 2.24) is 9.21 Å². The molecule has 4 nitrogen and oxygen atoms in total. The lowest BCUT2D eigenvalue weighted by Crippen LogP contribution is -2.45. The number of piperazine rings is 1. The number of nitrogens with zero attached hydrogens (tertiary/aromatic N) is 3. The van der Waals surface area contributed by atoms with E-state index in [9.17, 15) is 9.18 Å². The third-order valence-electron chi connectivity index (χ3n) is 5.76. The number of allylic oxidation sites excluding steroid dienone is 3. The van der Waals surface area contributed by atoms with Crippen LogP contribution in [-0.2, 0) is 11.3 Å². The lowest BCUT2D eigenvalue weighted by molar-refractivity contribution is -0.118. The van der Waals surface area contributed by atoms with Gasteiger partial charge in [0.25, 0.3) is 0 Å². The molecule has 0 spiro atoms. The first-order valence-electron chi connectivity index (χ1n) is 10.2. The zero-order chi connectivity index (χ0) is 19.3. The Kier molecular flexibility index (Phi) is 6.37. The minimum absolute atomic E-state index is 0.130. The second kappa shape index (κ2) is 9.14. The molecule has 2 fully saturated rings. The predicted octanol–water partition coefficient (Wildman–Crippen LogP) is 3.99. The molecule has 28 heavy (non-hydrogen) atoms. The maximum atomic E-state index is 14.8. The number of rotatable bonds is 5. The summed E-state index contributed by atoms with van der Waals surface area (Å²) >= 11 is 1.87. The summed E-state index contributed by atoms with van der Waals surface area (Å²) in [6.07, 6.45) is 12.4. The van der Waals surface area contributed by atoms with Gasteiger partial charge < -0.3 is 9.80 Å². The molecule has 0 saturated carbocycles. The standard InChI is InChI=1S/C22H28FN3OS/c23-21-15-20(25-13-11-24(17-27)12-14-25)9-8-19(21)16-26-10-4-7-22(28-26)18-5-2-1-3-6-18/h2,5-6,8-9,15,17,22H,1,3-4,7,10-14,16H2. The minimum Gasteiger partial charge on any atom is -0.368 e. The van der Waals surface area contributed by atoms with Crippen molar-refractivity contribution in [2.75, 3.05) is 37.6 Å². The largest absolute Gasteiger partial charge is 0.368 e. The lowest BCUT2D eigenvalue weighted by atomic mass is 10.0. The van der Waals surface area contributed by atoms with Gasteiger partial charge in [-0.25, -0.2) is 8.70 Å². The molecule has 1 atom stereocenters. The summed E-state index contributed by atoms with van der Waals surface area (Å²) in [5.74, 6) is -0.130. The number of hydrogen-bond acceptors (Lipinski definition) is 4. The van der Waals surface area contributed by atoms with Crippen LogP contribution in [0.3, 0.4) is 0 Å². The van der Waals surface area contributed by atoms with Gasteiger partial charge in [0.05, 0.1) is 0 Å². The minimum atomic E-state index is -0.130. The molecule has 2 heterocycles. The van der Waals surface area contributed by atoms with Crippen molar-refractivity contribution in [3.05, 3.63) is 53.4 Å². The Morgan fingerprint density at radius 2 is 2.00 bits per heavy atom. The quantitative estimate of drug-likeness (QED) is 0.551. The van der Waals surface area contributed by atoms with E-state index in [1.807, 2.05) is 24.1 Å². The summed E-state index contributed by atoms with van der Waals surface area (Å²) < 4.78 is 17.1. The van der Waals surface area contributed by atoms with Gasteiger partial charge in [0.15, 0.2) is 0 Å². The van der Waals surface area contributed by atoms with Gasteiger partial charge in [-0.05, 0) is 43.4 Å². The Labute approximate surface area is 171 Å². The van der Waals surface area contributed by atoms with Gasteiger partial charge in [-0.3, -0.25) is 4.79 Å². The first-order chi connectivity index (χ1) is 13.7. The van der Waals surface area contributed by atoms with Crippen LogP contribution in [0.4, 0.5) is 10.1 Å². The Balaban J connectivity index is 1.37. The number of carbonyl (C=O) groups excluding carboxylic acids is 1. The van der Waals surface area contributed by atoms with Gasteiger partial charge in [0.2, 0.25) is 6.41 Å². The van der Waals surface area contributed by atoms with Crippen molar-refractivity contribution in [1.29, 1.82) is 0 Å². The van der Waals surface area contributed by atoms with Gasteiger partial charge >= 0.3 is 0 Å². The number of amides is 1. The fourth-order valence-electron chi connectivity index (χ4n) is 4.09. The first kappa shape index (κ1) is 19.5. The summed E-state index contributed by atoms with van der Waals surface area (Å²) in [6, 6.07) is 5.61. The first-order valence-corrected chi connectivity index (χ1v) is 11.1. The molecule has 1 amide bonds. The molecule has 0 radical (unpaired) electrons. The Hall–Kier alpha value is -1.79. The number of carbonyl (C=O) groups is 1. The molecule has 6 heteroatoms. The van der Waals surface area contributed by atoms with E-state index in [1.165, 1.54) is 12.0 Å². The van der Waals surface area contributed by atoms with Crippen LogP contribution in [0.2, 0.25) is 0 Å². The van der Waals surface area contributed by atoms with Gasteiger partial charge in [-0.1, -0.05) is 36.2 Å². The van der Waals surface area contributed by atoms with E-state index in [0.29, 0.717) is 24.9 Å². The van der Waals surface area contributed by atoms with Gasteiger partial charge in [-0.2, -0.15) is 0 Å². The number of halogens is 1. The smallest absolute Gasteiger partial charge is 0.209 e. The molecular formula is C22H28FN3OS. The summed E-state index contributed by atoms with van der Waals surface area (Å²) in [4.78, 5) is 14.8. The Morgan fingerprint density at radius 3 is 2.71 bits per heavy atom. The molecule has 2 aliphatic heterocycles. The SMILES string of the molecule is O=CN1CCN(c2ccc(CN3CCCC(C4=CCCC=C4)S3)c(F)c2)CC1. The molecular weight excluding hydrogens is 373 g/mol. The van der Waals surface area contributed by atoms with E-state index >= 15 is 0 Å². The summed E-state index contributed by atoms with van der Waals surface area (Å²) in [5.41, 5.74) is 3.11. The topological polar surface area (TPSA) is 26.8 Å². The molecule has 0 bridgehead atoms. The third kappa shape index (κ3) is 4.61. The number of hydrogen-bond donors (Lipinski definition) is 0. The highest BCUT2D eigenvalue weighted by molar-refractivity contribution is 7.97. The zero-order valence-corrected chi connectivity index (χ0v) is 17.0. The molecule has 4 rings (SSSR count). The zero-order valence-electron chi connectivity index (χ0n) is 16.2. The van der Waals surface area contributed by atoms with Crippen molar-refractivity contribution in [3.63, 3.8) is 0 Å². The van der Waals surface area contributed by atoms with Crippen LogP contribution in [0, 0.1) is 5.82 Å². The Morgan fingerprint density at radius 1 is 1.14 bits per heavy atom. The molecule has 1 aromatic carbocycles. The van der Waals surface area contributed by atoms with E-state index in [0.717, 1.165) is 56.6 Å². The van der Waals surface area contributed by atoms with E-state index in [2.05, 4.69) is 27.4 Å². The molecule has 150 valence electrons. The van der Waals surface area contributed by atoms with Crippen LogP contribution < -0.4 is 4.90 Å². The van der Waals surface area contributed by atoms with E-state index in [-0.39, 0.29) is 5.82 Å². The van der Waals surface area contributed by atoms with E-state index in [1.54, 1.807) is 11.0 Å². The van der Waals surface area contributed by atoms with Crippen molar-refractivity contribution >= 4 is 24.0 Å². The van der Waals surface area contributed by atoms with Gasteiger partial charge in [-0.15, -0.1) is 0 Å². The lowest BCUT2D eigenvalue weighted by Gasteiger charge is -2.34. The maximum absolute atomic E-state index is 14.8. The van der Waals surface area contributed by atoms with Crippen LogP contribution in [0.1, 0.15) is 31.2 Å². The second-order valence-electron chi connectivity index (χ2n) is 7.69. The predicted molar refractivity (Wildman–Crippen MR) is 114 cm³/mol. The van der Waals surface area contributed by atoms with Gasteiger partial charge in [0.1, 0.15) is 5.82 Å². The molecule has 0 aromatic heterocycles. The van der Waals surface area contributed by atoms with Crippen molar-refractivity contribution in [2.45, 2.75) is 37.5 Å². The highest BCUT2D eigenvalue weighted by atomic mass is 32.2. The van der Waals surface area contributed by atoms with Crippen LogP contribution in [0.15, 0.2) is 42.0 Å². The van der Waals surface area contributed by atoms with Crippen molar-refractivity contribution in [2.24, 2.45) is 0 Å². The van der Waals surface area contributed by atoms with E-state index in [4.69, 9.17) is 0 Å². The van der Waals surface area contributed by atoms with E-state index < -0.39 is 0 Å². The average molecular weight is 402 g/mol. The fourth-order valence-corrected chi connectivity index (χ4v) is 5.47. The normalized spacial score (nSPS) is 23.6. The van der Waals surface area contributed by atoms with Crippen LogP contribution in [0.5, 0.6) is 0 Å². The number of anilines is 1. The number of benzene rings is 1. The summed E-state index contributed by atoms with van der Waals surface area (Å²) in [5, 5.41) is 0.502. The molecule has 1 aliphatic carbocycles. The van der Waals surface area contributed by atoms with Gasteiger partial charge in [0, 0.05) is 55.8 Å². The third-order valence-corrected chi connectivity index (χ3v) is 7.13.